The Kier molecular flexibility index (Phi) is 7.27. The highest BCUT2D eigenvalue weighted by atomic mass is 32.7. The van der Waals surface area contributed by atoms with Crippen LogP contribution in [0.3, 0.4) is 0 Å². The van der Waals surface area contributed by atoms with Crippen LogP contribution in [0.25, 0.3) is 0 Å². The van der Waals surface area contributed by atoms with Crippen molar-refractivity contribution in [3.05, 3.63) is 11.8 Å². The monoisotopic (exact) mass is 407 g/mol. The topological polar surface area (TPSA) is 131 Å². The van der Waals surface area contributed by atoms with Crippen LogP contribution in [0.1, 0.15) is 13.3 Å². The van der Waals surface area contributed by atoms with Gasteiger partial charge in [0.1, 0.15) is 31.1 Å². The fourth-order valence-corrected chi connectivity index (χ4v) is 3.46. The van der Waals surface area contributed by atoms with E-state index in [1.165, 1.54) is 18.1 Å². The molecule has 0 bridgehead atoms. The molecule has 26 heavy (non-hydrogen) atoms. The van der Waals surface area contributed by atoms with Crippen LogP contribution >= 0.6 is 19.5 Å². The summed E-state index contributed by atoms with van der Waals surface area (Å²) < 4.78 is 27.8. The number of hydrogen-bond donors (Lipinski definition) is 3. The predicted molar refractivity (Wildman–Crippen MR) is 91.2 cm³/mol. The molecule has 144 valence electrons. The molecule has 5 atom stereocenters. The van der Waals surface area contributed by atoms with Gasteiger partial charge in [-0.2, -0.15) is 0 Å². The van der Waals surface area contributed by atoms with Crippen LogP contribution in [-0.2, 0) is 32.9 Å². The lowest BCUT2D eigenvalue weighted by Crippen LogP contribution is -2.49. The number of carbonyl (C=O) groups excluding carboxylic acids is 3. The highest BCUT2D eigenvalue weighted by molar-refractivity contribution is 8.39. The summed E-state index contributed by atoms with van der Waals surface area (Å²) in [6, 6.07) is 0. The van der Waals surface area contributed by atoms with Crippen LogP contribution in [0.5, 0.6) is 0 Å². The van der Waals surface area contributed by atoms with Gasteiger partial charge in [-0.05, 0) is 11.5 Å². The molecule has 1 saturated heterocycles. The summed E-state index contributed by atoms with van der Waals surface area (Å²) in [6.45, 7) is 0.687. The summed E-state index contributed by atoms with van der Waals surface area (Å²) >= 11 is 3.70. The molecule has 2 rings (SSSR count). The first kappa shape index (κ1) is 20.9. The van der Waals surface area contributed by atoms with Gasteiger partial charge in [0.25, 0.3) is 0 Å². The number of carbonyl (C=O) groups is 3. The molecule has 0 radical (unpaired) electrons. The van der Waals surface area contributed by atoms with Crippen LogP contribution in [-0.4, -0.2) is 72.4 Å². The minimum Gasteiger partial charge on any atom is -0.394 e. The largest absolute Gasteiger partial charge is 0.582 e. The summed E-state index contributed by atoms with van der Waals surface area (Å²) in [5, 5.41) is 11.9. The lowest BCUT2D eigenvalue weighted by atomic mass is 10.0. The van der Waals surface area contributed by atoms with Crippen molar-refractivity contribution in [2.45, 2.75) is 37.9 Å². The number of aliphatic hydroxyl groups excluding tert-OH is 1. The van der Waals surface area contributed by atoms with E-state index in [2.05, 4.69) is 17.6 Å². The zero-order valence-electron chi connectivity index (χ0n) is 14.2. The third kappa shape index (κ3) is 4.67. The van der Waals surface area contributed by atoms with E-state index in [1.54, 1.807) is 6.92 Å². The first-order valence-corrected chi connectivity index (χ1v) is 10.1. The maximum absolute atomic E-state index is 12.3. The number of nitrogens with one attached hydrogen (secondary N) is 1. The third-order valence-electron chi connectivity index (χ3n) is 4.01. The number of thiol groups is 1. The Morgan fingerprint density at radius 3 is 2.77 bits per heavy atom. The van der Waals surface area contributed by atoms with Gasteiger partial charge in [0.05, 0.1) is 13.0 Å². The second kappa shape index (κ2) is 9.03. The lowest BCUT2D eigenvalue weighted by molar-refractivity contribution is -0.153. The first-order chi connectivity index (χ1) is 12.3. The minimum absolute atomic E-state index is 0.308. The van der Waals surface area contributed by atoms with Crippen molar-refractivity contribution in [1.82, 2.24) is 10.2 Å². The summed E-state index contributed by atoms with van der Waals surface area (Å²) in [7, 11) is -0.938. The summed E-state index contributed by atoms with van der Waals surface area (Å²) in [5.41, 5.74) is 0.350. The van der Waals surface area contributed by atoms with Gasteiger partial charge in [-0.25, -0.2) is 0 Å². The molecule has 0 spiro atoms. The number of likely N-dealkylation sites (N-methyl/N-ethyl adjacent to an activating group) is 1. The van der Waals surface area contributed by atoms with Crippen molar-refractivity contribution in [3.63, 3.8) is 0 Å². The number of hydrogen-bond acceptors (Lipinski definition) is 8. The van der Waals surface area contributed by atoms with Crippen molar-refractivity contribution in [3.8, 4) is 0 Å². The Hall–Kier alpha value is -1.36. The van der Waals surface area contributed by atoms with E-state index in [4.69, 9.17) is 14.0 Å². The van der Waals surface area contributed by atoms with E-state index in [-0.39, 0.29) is 18.8 Å². The van der Waals surface area contributed by atoms with Crippen molar-refractivity contribution in [2.75, 3.05) is 20.3 Å². The Labute approximate surface area is 155 Å². The molecule has 0 aromatic heterocycles. The molecule has 2 aliphatic rings. The molecule has 1 fully saturated rings. The standard InChI is InChI=1S/C14H19N2O8PS/c1-7-4-16(11(20)3-8(7)18)14-13(22-6-10(19)15-2)12(24-25(21)26)9(5-17)23-14/h4,9,12-14,17H,3,5-6H2,1-2H3,(H-,15,19,21,26)/p+1/t9-,12?,13+,14-/m1/s1. The maximum Gasteiger partial charge on any atom is 0.582 e. The van der Waals surface area contributed by atoms with Crippen LogP contribution in [0.4, 0.5) is 0 Å². The van der Waals surface area contributed by atoms with Gasteiger partial charge in [0.2, 0.25) is 11.8 Å². The zero-order valence-corrected chi connectivity index (χ0v) is 15.9. The molecule has 0 aromatic rings. The molecule has 0 saturated carbocycles. The second-order valence-corrected chi connectivity index (χ2v) is 7.38. The van der Waals surface area contributed by atoms with E-state index >= 15 is 0 Å². The highest BCUT2D eigenvalue weighted by Crippen LogP contribution is 2.38. The quantitative estimate of drug-likeness (QED) is 0.293. The fraction of sp³-hybridized carbons (Fsp3) is 0.643. The van der Waals surface area contributed by atoms with Gasteiger partial charge in [-0.15, -0.1) is 4.52 Å². The van der Waals surface area contributed by atoms with E-state index < -0.39 is 50.2 Å². The number of rotatable bonds is 7. The first-order valence-electron chi connectivity index (χ1n) is 7.72. The van der Waals surface area contributed by atoms with Crippen LogP contribution in [0.15, 0.2) is 11.8 Å². The smallest absolute Gasteiger partial charge is 0.394 e. The molecular weight excluding hydrogens is 387 g/mol. The summed E-state index contributed by atoms with van der Waals surface area (Å²) in [6.07, 6.45) is -3.10. The second-order valence-electron chi connectivity index (χ2n) is 5.72. The van der Waals surface area contributed by atoms with Gasteiger partial charge in [0, 0.05) is 18.8 Å². The fourth-order valence-electron chi connectivity index (χ4n) is 2.67. The van der Waals surface area contributed by atoms with E-state index in [0.717, 1.165) is 0 Å². The zero-order chi connectivity index (χ0) is 19.4. The van der Waals surface area contributed by atoms with Crippen LogP contribution < -0.4 is 5.32 Å². The molecule has 0 aromatic carbocycles. The molecule has 2 aliphatic heterocycles. The third-order valence-corrected chi connectivity index (χ3v) is 4.72. The molecule has 2 heterocycles. The number of aliphatic hydroxyl groups is 1. The Morgan fingerprint density at radius 1 is 1.50 bits per heavy atom. The van der Waals surface area contributed by atoms with Gasteiger partial charge in [0.15, 0.2) is 18.1 Å². The average Bonchev–Trinajstić information content (AvgIpc) is 2.92. The number of ether oxygens (including phenoxy) is 2. The van der Waals surface area contributed by atoms with Crippen molar-refractivity contribution in [1.29, 1.82) is 0 Å². The normalized spacial score (nSPS) is 29.6. The Balaban J connectivity index is 2.31. The molecule has 2 N–H and O–H groups in total. The van der Waals surface area contributed by atoms with Gasteiger partial charge in [-0.3, -0.25) is 19.3 Å². The predicted octanol–water partition coefficient (Wildman–Crippen LogP) is -0.488. The van der Waals surface area contributed by atoms with E-state index in [1.807, 2.05) is 0 Å². The summed E-state index contributed by atoms with van der Waals surface area (Å²) in [5.74, 6) is -1.26. The average molecular weight is 407 g/mol. The van der Waals surface area contributed by atoms with Crippen LogP contribution in [0, 0.1) is 0 Å². The van der Waals surface area contributed by atoms with E-state index in [9.17, 15) is 24.1 Å². The van der Waals surface area contributed by atoms with Crippen molar-refractivity contribution >= 4 is 37.1 Å². The molecule has 2 amide bonds. The number of Topliss-reactive ketones (excluding diaryl/α,β-unsaturated/α-hetero) is 1. The minimum atomic E-state index is -2.36. The van der Waals surface area contributed by atoms with Gasteiger partial charge >= 0.3 is 7.23 Å². The van der Waals surface area contributed by atoms with E-state index in [0.29, 0.717) is 5.57 Å². The molecule has 2 unspecified atom stereocenters. The lowest BCUT2D eigenvalue weighted by Gasteiger charge is -2.31. The number of amides is 2. The Morgan fingerprint density at radius 2 is 2.19 bits per heavy atom. The number of allylic oxidation sites excluding steroid dienone is 1. The van der Waals surface area contributed by atoms with Crippen LogP contribution in [0.2, 0.25) is 0 Å². The Bertz CT molecular complexity index is 642. The van der Waals surface area contributed by atoms with Crippen molar-refractivity contribution in [2.24, 2.45) is 0 Å². The number of ketones is 1. The van der Waals surface area contributed by atoms with Gasteiger partial charge < -0.3 is 19.9 Å². The molecule has 10 nitrogen and oxygen atoms in total. The SMILES string of the molecule is CNC(=O)CO[C@H]1C(O[P+](=O)S)[C@@H](CO)O[C@H]1N1C=C(C)C(=O)CC1=O. The number of nitrogens with zero attached hydrogens (tertiary/aromatic N) is 1. The molecule has 0 aliphatic carbocycles. The maximum atomic E-state index is 12.3. The van der Waals surface area contributed by atoms with Gasteiger partial charge in [-0.1, -0.05) is 0 Å². The molecular formula is C14H20N2O8PS+. The summed E-state index contributed by atoms with van der Waals surface area (Å²) in [4.78, 5) is 36.6. The van der Waals surface area contributed by atoms with Crippen molar-refractivity contribution < 1.29 is 38.1 Å². The molecule has 12 heteroatoms. The highest BCUT2D eigenvalue weighted by Gasteiger charge is 2.53.